The third-order valence-corrected chi connectivity index (χ3v) is 5.34. The number of rotatable bonds is 7. The largest absolute Gasteiger partial charge is 0.495 e. The van der Waals surface area contributed by atoms with E-state index in [1.165, 1.54) is 13.1 Å². The van der Waals surface area contributed by atoms with E-state index < -0.39 is 35.7 Å². The summed E-state index contributed by atoms with van der Waals surface area (Å²) < 4.78 is 6.44. The first-order valence-electron chi connectivity index (χ1n) is 10.2. The van der Waals surface area contributed by atoms with Crippen LogP contribution in [0, 0.1) is 6.92 Å². The zero-order valence-electron chi connectivity index (χ0n) is 18.0. The Morgan fingerprint density at radius 2 is 1.88 bits per heavy atom. The summed E-state index contributed by atoms with van der Waals surface area (Å²) in [5.74, 6) is -0.273. The van der Waals surface area contributed by atoms with Gasteiger partial charge in [0.2, 0.25) is 11.8 Å². The van der Waals surface area contributed by atoms with Crippen LogP contribution in [-0.4, -0.2) is 77.3 Å². The number of benzene rings is 1. The lowest BCUT2D eigenvalue weighted by molar-refractivity contribution is -0.138. The van der Waals surface area contributed by atoms with Crippen molar-refractivity contribution in [1.29, 1.82) is 0 Å². The van der Waals surface area contributed by atoms with Gasteiger partial charge in [-0.2, -0.15) is 0 Å². The van der Waals surface area contributed by atoms with E-state index in [0.717, 1.165) is 16.0 Å². The van der Waals surface area contributed by atoms with E-state index in [2.05, 4.69) is 15.2 Å². The van der Waals surface area contributed by atoms with Crippen molar-refractivity contribution in [3.63, 3.8) is 0 Å². The summed E-state index contributed by atoms with van der Waals surface area (Å²) in [6.07, 6.45) is 1.27. The third kappa shape index (κ3) is 5.17. The quantitative estimate of drug-likeness (QED) is 0.481. The molecule has 0 radical (unpaired) electrons. The number of hydrogen-bond acceptors (Lipinski definition) is 7. The summed E-state index contributed by atoms with van der Waals surface area (Å²) in [6.45, 7) is 2.54. The highest BCUT2D eigenvalue weighted by atomic mass is 16.5. The number of piperazine rings is 1. The van der Waals surface area contributed by atoms with Crippen LogP contribution in [0.5, 0.6) is 5.75 Å². The minimum atomic E-state index is -1.13. The molecular formula is C21H27N5O6. The predicted octanol–water partition coefficient (Wildman–Crippen LogP) is -1.32. The first-order chi connectivity index (χ1) is 15.3. The molecule has 32 heavy (non-hydrogen) atoms. The van der Waals surface area contributed by atoms with E-state index in [9.17, 15) is 24.3 Å². The number of carbonyl (C=O) groups is 2. The van der Waals surface area contributed by atoms with E-state index in [1.54, 1.807) is 12.0 Å². The van der Waals surface area contributed by atoms with Crippen LogP contribution in [0.2, 0.25) is 0 Å². The van der Waals surface area contributed by atoms with Crippen LogP contribution in [0.25, 0.3) is 0 Å². The van der Waals surface area contributed by atoms with Crippen molar-refractivity contribution in [2.24, 2.45) is 0 Å². The number of amides is 2. The number of anilines is 1. The van der Waals surface area contributed by atoms with Gasteiger partial charge in [-0.15, -0.1) is 0 Å². The van der Waals surface area contributed by atoms with Gasteiger partial charge < -0.3 is 25.0 Å². The number of methoxy groups -OCH3 is 1. The van der Waals surface area contributed by atoms with E-state index in [0.29, 0.717) is 26.2 Å². The highest BCUT2D eigenvalue weighted by molar-refractivity contribution is 5.88. The molecule has 1 unspecified atom stereocenters. The molecule has 0 aliphatic carbocycles. The molecule has 172 valence electrons. The molecule has 0 spiro atoms. The Morgan fingerprint density at radius 1 is 1.19 bits per heavy atom. The van der Waals surface area contributed by atoms with Crippen LogP contribution in [0.4, 0.5) is 5.69 Å². The number of hydrogen-bond donors (Lipinski definition) is 3. The van der Waals surface area contributed by atoms with Gasteiger partial charge >= 0.3 is 5.69 Å². The Bertz CT molecular complexity index is 1090. The number of H-pyrrole nitrogens is 1. The van der Waals surface area contributed by atoms with Gasteiger partial charge in [0.15, 0.2) is 0 Å². The number of nitrogens with one attached hydrogen (secondary N) is 2. The second-order valence-electron chi connectivity index (χ2n) is 7.49. The minimum absolute atomic E-state index is 0.278. The van der Waals surface area contributed by atoms with Crippen molar-refractivity contribution in [1.82, 2.24) is 19.8 Å². The van der Waals surface area contributed by atoms with Gasteiger partial charge in [0.25, 0.3) is 5.56 Å². The topological polar surface area (TPSA) is 137 Å². The molecule has 3 N–H and O–H groups in total. The molecule has 1 aromatic carbocycles. The molecule has 1 aliphatic heterocycles. The van der Waals surface area contributed by atoms with Gasteiger partial charge in [0, 0.05) is 37.9 Å². The number of ether oxygens (including phenoxy) is 1. The molecule has 2 aromatic rings. The summed E-state index contributed by atoms with van der Waals surface area (Å²) in [5.41, 5.74) is -0.0340. The Balaban J connectivity index is 1.59. The number of aromatic amines is 1. The minimum Gasteiger partial charge on any atom is -0.495 e. The number of aryl methyl sites for hydroxylation is 1. The number of aromatic nitrogens is 2. The molecule has 1 aromatic heterocycles. The van der Waals surface area contributed by atoms with Crippen molar-refractivity contribution >= 4 is 17.5 Å². The maximum Gasteiger partial charge on any atom is 0.328 e. The van der Waals surface area contributed by atoms with Gasteiger partial charge in [0.05, 0.1) is 19.4 Å². The summed E-state index contributed by atoms with van der Waals surface area (Å²) in [7, 11) is 1.61. The molecule has 3 rings (SSSR count). The highest BCUT2D eigenvalue weighted by Crippen LogP contribution is 2.28. The first-order valence-corrected chi connectivity index (χ1v) is 10.2. The maximum atomic E-state index is 12.8. The molecule has 1 fully saturated rings. The van der Waals surface area contributed by atoms with E-state index >= 15 is 0 Å². The monoisotopic (exact) mass is 445 g/mol. The van der Waals surface area contributed by atoms with Gasteiger partial charge in [-0.3, -0.25) is 23.9 Å². The molecule has 0 bridgehead atoms. The lowest BCUT2D eigenvalue weighted by Gasteiger charge is -2.37. The van der Waals surface area contributed by atoms with Gasteiger partial charge in [-0.1, -0.05) is 12.1 Å². The standard InChI is InChI=1S/C21H27N5O6/c1-14-11-26(21(31)23-19(14)29)12-18(28)22-15(13-27)20(30)25-9-7-24(8-10-25)16-5-3-4-6-17(16)32-2/h3-6,11,15,27H,7-10,12-13H2,1-2H3,(H,22,28)(H,23,29,31). The zero-order chi connectivity index (χ0) is 23.3. The van der Waals surface area contributed by atoms with Crippen molar-refractivity contribution in [3.05, 3.63) is 56.9 Å². The molecule has 2 amide bonds. The summed E-state index contributed by atoms with van der Waals surface area (Å²) in [5, 5.41) is 12.1. The van der Waals surface area contributed by atoms with Gasteiger partial charge in [0.1, 0.15) is 18.3 Å². The van der Waals surface area contributed by atoms with Crippen LogP contribution in [0.3, 0.4) is 0 Å². The lowest BCUT2D eigenvalue weighted by Crippen LogP contribution is -2.56. The van der Waals surface area contributed by atoms with Crippen molar-refractivity contribution in [2.75, 3.05) is 44.8 Å². The second kappa shape index (κ2) is 10.1. The summed E-state index contributed by atoms with van der Waals surface area (Å²) in [4.78, 5) is 54.3. The fourth-order valence-corrected chi connectivity index (χ4v) is 3.60. The van der Waals surface area contributed by atoms with Crippen LogP contribution >= 0.6 is 0 Å². The molecular weight excluding hydrogens is 418 g/mol. The smallest absolute Gasteiger partial charge is 0.328 e. The molecule has 2 heterocycles. The second-order valence-corrected chi connectivity index (χ2v) is 7.49. The zero-order valence-corrected chi connectivity index (χ0v) is 18.0. The SMILES string of the molecule is COc1ccccc1N1CCN(C(=O)C(CO)NC(=O)Cn2cc(C)c(=O)[nH]c2=O)CC1. The van der Waals surface area contributed by atoms with Gasteiger partial charge in [-0.05, 0) is 19.1 Å². The van der Waals surface area contributed by atoms with Crippen LogP contribution in [0.1, 0.15) is 5.56 Å². The molecule has 0 saturated carbocycles. The summed E-state index contributed by atoms with van der Waals surface area (Å²) in [6, 6.07) is 6.51. The molecule has 1 atom stereocenters. The molecule has 11 heteroatoms. The average Bonchev–Trinajstić information content (AvgIpc) is 2.80. The number of nitrogens with zero attached hydrogens (tertiary/aromatic N) is 3. The van der Waals surface area contributed by atoms with Crippen LogP contribution in [0.15, 0.2) is 40.1 Å². The molecule has 11 nitrogen and oxygen atoms in total. The van der Waals surface area contributed by atoms with Crippen molar-refractivity contribution in [2.45, 2.75) is 19.5 Å². The van der Waals surface area contributed by atoms with Gasteiger partial charge in [-0.25, -0.2) is 4.79 Å². The Morgan fingerprint density at radius 3 is 2.53 bits per heavy atom. The summed E-state index contributed by atoms with van der Waals surface area (Å²) >= 11 is 0. The maximum absolute atomic E-state index is 12.8. The highest BCUT2D eigenvalue weighted by Gasteiger charge is 2.29. The molecule has 1 aliphatic rings. The fourth-order valence-electron chi connectivity index (χ4n) is 3.60. The third-order valence-electron chi connectivity index (χ3n) is 5.34. The Labute approximate surface area is 184 Å². The first kappa shape index (κ1) is 23.1. The van der Waals surface area contributed by atoms with E-state index in [-0.39, 0.29) is 12.1 Å². The van der Waals surface area contributed by atoms with Crippen LogP contribution < -0.4 is 26.2 Å². The van der Waals surface area contributed by atoms with E-state index in [1.807, 2.05) is 24.3 Å². The predicted molar refractivity (Wildman–Crippen MR) is 117 cm³/mol. The van der Waals surface area contributed by atoms with Crippen molar-refractivity contribution < 1.29 is 19.4 Å². The number of aliphatic hydroxyl groups is 1. The lowest BCUT2D eigenvalue weighted by atomic mass is 10.2. The number of para-hydroxylation sites is 2. The van der Waals surface area contributed by atoms with Crippen LogP contribution in [-0.2, 0) is 16.1 Å². The fraction of sp³-hybridized carbons (Fsp3) is 0.429. The average molecular weight is 445 g/mol. The number of aliphatic hydroxyl groups excluding tert-OH is 1. The Kier molecular flexibility index (Phi) is 7.31. The number of carbonyl (C=O) groups excluding carboxylic acids is 2. The Hall–Kier alpha value is -3.60. The van der Waals surface area contributed by atoms with E-state index in [4.69, 9.17) is 4.74 Å². The molecule has 1 saturated heterocycles. The normalized spacial score (nSPS) is 14.7. The van der Waals surface area contributed by atoms with Crippen molar-refractivity contribution in [3.8, 4) is 5.75 Å².